The van der Waals surface area contributed by atoms with Crippen LogP contribution in [0, 0.1) is 0 Å². The molecule has 2 aromatic rings. The molecule has 1 atom stereocenters. The lowest BCUT2D eigenvalue weighted by Crippen LogP contribution is -2.45. The Morgan fingerprint density at radius 3 is 2.43 bits per heavy atom. The van der Waals surface area contributed by atoms with Crippen molar-refractivity contribution in [3.8, 4) is 0 Å². The average molecular weight is 410 g/mol. The molecule has 0 saturated heterocycles. The van der Waals surface area contributed by atoms with Gasteiger partial charge in [-0.25, -0.2) is 0 Å². The van der Waals surface area contributed by atoms with Gasteiger partial charge in [-0.3, -0.25) is 19.2 Å². The van der Waals surface area contributed by atoms with Crippen LogP contribution in [0.2, 0.25) is 0 Å². The molecule has 9 heteroatoms. The Morgan fingerprint density at radius 1 is 0.967 bits per heavy atom. The van der Waals surface area contributed by atoms with E-state index < -0.39 is 17.9 Å². The smallest absolute Gasteiger partial charge is 0.255 e. The molecule has 0 unspecified atom stereocenters. The third kappa shape index (κ3) is 4.19. The monoisotopic (exact) mass is 410 g/mol. The highest BCUT2D eigenvalue weighted by Gasteiger charge is 2.47. The molecular weight excluding hydrogens is 388 g/mol. The maximum Gasteiger partial charge on any atom is 0.255 e. The zero-order valence-electron chi connectivity index (χ0n) is 16.2. The molecule has 1 saturated carbocycles. The van der Waals surface area contributed by atoms with Crippen molar-refractivity contribution in [3.63, 3.8) is 0 Å². The Bertz CT molecular complexity index is 968. The van der Waals surface area contributed by atoms with Gasteiger partial charge in [0.2, 0.25) is 17.7 Å². The van der Waals surface area contributed by atoms with Gasteiger partial charge < -0.3 is 25.3 Å². The van der Waals surface area contributed by atoms with Crippen LogP contribution in [-0.2, 0) is 20.9 Å². The largest absolute Gasteiger partial charge is 0.467 e. The minimum Gasteiger partial charge on any atom is -0.467 e. The first-order chi connectivity index (χ1) is 14.5. The van der Waals surface area contributed by atoms with E-state index in [1.165, 1.54) is 6.26 Å². The standard InChI is InChI=1S/C21H22N4O5/c26-17(22-10-14-4-3-9-30-14)11-23-18(27)12-24-20(28)19-15-5-1-2-6-16(15)21(29)25(19)13-7-8-13/h1-6,9,13,19H,7-8,10-12H2,(H,22,26)(H,23,27)(H,24,28)/t19-/m1/s1. The summed E-state index contributed by atoms with van der Waals surface area (Å²) in [6.45, 7) is -0.269. The second-order valence-electron chi connectivity index (χ2n) is 7.28. The topological polar surface area (TPSA) is 121 Å². The van der Waals surface area contributed by atoms with Gasteiger partial charge in [0, 0.05) is 11.6 Å². The van der Waals surface area contributed by atoms with Gasteiger partial charge in [-0.1, -0.05) is 18.2 Å². The molecule has 1 aliphatic heterocycles. The quantitative estimate of drug-likeness (QED) is 0.585. The van der Waals surface area contributed by atoms with Crippen LogP contribution in [0.15, 0.2) is 47.1 Å². The van der Waals surface area contributed by atoms with Gasteiger partial charge in [0.15, 0.2) is 0 Å². The second kappa shape index (κ2) is 8.40. The Morgan fingerprint density at radius 2 is 1.70 bits per heavy atom. The van der Waals surface area contributed by atoms with Crippen LogP contribution in [0.1, 0.15) is 40.6 Å². The van der Waals surface area contributed by atoms with Crippen molar-refractivity contribution in [3.05, 3.63) is 59.5 Å². The molecular formula is C21H22N4O5. The summed E-state index contributed by atoms with van der Waals surface area (Å²) in [5.41, 5.74) is 1.19. The van der Waals surface area contributed by atoms with Crippen molar-refractivity contribution in [2.75, 3.05) is 13.1 Å². The van der Waals surface area contributed by atoms with Gasteiger partial charge in [0.1, 0.15) is 11.8 Å². The lowest BCUT2D eigenvalue weighted by molar-refractivity contribution is -0.129. The first-order valence-electron chi connectivity index (χ1n) is 9.79. The van der Waals surface area contributed by atoms with Crippen LogP contribution in [0.25, 0.3) is 0 Å². The van der Waals surface area contributed by atoms with Gasteiger partial charge in [-0.2, -0.15) is 0 Å². The van der Waals surface area contributed by atoms with Crippen LogP contribution in [0.4, 0.5) is 0 Å². The number of nitrogens with zero attached hydrogens (tertiary/aromatic N) is 1. The molecule has 1 aliphatic carbocycles. The number of fused-ring (bicyclic) bond motifs is 1. The number of carbonyl (C=O) groups excluding carboxylic acids is 4. The van der Waals surface area contributed by atoms with Gasteiger partial charge in [-0.15, -0.1) is 0 Å². The van der Waals surface area contributed by atoms with E-state index in [-0.39, 0.29) is 37.5 Å². The summed E-state index contributed by atoms with van der Waals surface area (Å²) in [5, 5.41) is 7.65. The van der Waals surface area contributed by atoms with Crippen molar-refractivity contribution < 1.29 is 23.6 Å². The average Bonchev–Trinajstić information content (AvgIpc) is 3.36. The van der Waals surface area contributed by atoms with Crippen LogP contribution >= 0.6 is 0 Å². The number of hydrogen-bond acceptors (Lipinski definition) is 5. The summed E-state index contributed by atoms with van der Waals surface area (Å²) in [6, 6.07) is 9.82. The van der Waals surface area contributed by atoms with E-state index in [9.17, 15) is 19.2 Å². The summed E-state index contributed by atoms with van der Waals surface area (Å²) >= 11 is 0. The molecule has 2 aliphatic rings. The van der Waals surface area contributed by atoms with E-state index in [2.05, 4.69) is 16.0 Å². The molecule has 1 aromatic carbocycles. The highest BCUT2D eigenvalue weighted by Crippen LogP contribution is 2.41. The van der Waals surface area contributed by atoms with Crippen molar-refractivity contribution in [2.45, 2.75) is 31.5 Å². The number of nitrogens with one attached hydrogen (secondary N) is 3. The molecule has 4 rings (SSSR count). The molecule has 30 heavy (non-hydrogen) atoms. The Hall–Kier alpha value is -3.62. The van der Waals surface area contributed by atoms with E-state index in [4.69, 9.17) is 4.42 Å². The third-order valence-electron chi connectivity index (χ3n) is 5.10. The number of furan rings is 1. The number of rotatable bonds is 8. The number of hydrogen-bond donors (Lipinski definition) is 3. The fourth-order valence-electron chi connectivity index (χ4n) is 3.50. The molecule has 4 amide bonds. The summed E-state index contributed by atoms with van der Waals surface area (Å²) in [7, 11) is 0. The molecule has 0 radical (unpaired) electrons. The maximum atomic E-state index is 12.8. The summed E-state index contributed by atoms with van der Waals surface area (Å²) in [6.07, 6.45) is 3.25. The number of amides is 4. The van der Waals surface area contributed by atoms with Gasteiger partial charge in [0.05, 0.1) is 25.9 Å². The first kappa shape index (κ1) is 19.7. The van der Waals surface area contributed by atoms with Crippen molar-refractivity contribution in [2.24, 2.45) is 0 Å². The predicted octanol–water partition coefficient (Wildman–Crippen LogP) is 0.488. The number of benzene rings is 1. The predicted molar refractivity (Wildman–Crippen MR) is 105 cm³/mol. The molecule has 1 fully saturated rings. The zero-order chi connectivity index (χ0) is 21.1. The van der Waals surface area contributed by atoms with Crippen LogP contribution < -0.4 is 16.0 Å². The van der Waals surface area contributed by atoms with Crippen molar-refractivity contribution in [1.29, 1.82) is 0 Å². The highest BCUT2D eigenvalue weighted by molar-refractivity contribution is 6.05. The normalized spacial score (nSPS) is 17.4. The minimum absolute atomic E-state index is 0.0623. The van der Waals surface area contributed by atoms with Crippen LogP contribution in [0.5, 0.6) is 0 Å². The number of carbonyl (C=O) groups is 4. The lowest BCUT2D eigenvalue weighted by atomic mass is 10.0. The zero-order valence-corrected chi connectivity index (χ0v) is 16.2. The van der Waals surface area contributed by atoms with Crippen LogP contribution in [-0.4, -0.2) is 47.7 Å². The first-order valence-corrected chi connectivity index (χ1v) is 9.79. The Labute approximate surface area is 172 Å². The van der Waals surface area contributed by atoms with E-state index in [1.54, 1.807) is 41.3 Å². The van der Waals surface area contributed by atoms with Crippen LogP contribution in [0.3, 0.4) is 0 Å². The third-order valence-corrected chi connectivity index (χ3v) is 5.10. The molecule has 1 aromatic heterocycles. The van der Waals surface area contributed by atoms with Crippen molar-refractivity contribution >= 4 is 23.6 Å². The maximum absolute atomic E-state index is 12.8. The fourth-order valence-corrected chi connectivity index (χ4v) is 3.50. The minimum atomic E-state index is -0.731. The highest BCUT2D eigenvalue weighted by atomic mass is 16.3. The fraction of sp³-hybridized carbons (Fsp3) is 0.333. The molecule has 0 bridgehead atoms. The Balaban J connectivity index is 1.27. The molecule has 9 nitrogen and oxygen atoms in total. The van der Waals surface area contributed by atoms with Gasteiger partial charge >= 0.3 is 0 Å². The summed E-state index contributed by atoms with van der Waals surface area (Å²) < 4.78 is 5.11. The van der Waals surface area contributed by atoms with E-state index in [0.29, 0.717) is 16.9 Å². The van der Waals surface area contributed by atoms with Crippen molar-refractivity contribution in [1.82, 2.24) is 20.9 Å². The molecule has 3 N–H and O–H groups in total. The molecule has 2 heterocycles. The summed E-state index contributed by atoms with van der Waals surface area (Å²) in [4.78, 5) is 50.9. The second-order valence-corrected chi connectivity index (χ2v) is 7.28. The molecule has 156 valence electrons. The lowest BCUT2D eigenvalue weighted by Gasteiger charge is -2.24. The molecule has 0 spiro atoms. The SMILES string of the molecule is O=C(CNC(=O)CNC(=O)[C@H]1c2ccccc2C(=O)N1C1CC1)NCc1ccco1. The van der Waals surface area contributed by atoms with Gasteiger partial charge in [0.25, 0.3) is 5.91 Å². The van der Waals surface area contributed by atoms with E-state index in [0.717, 1.165) is 12.8 Å². The van der Waals surface area contributed by atoms with Gasteiger partial charge in [-0.05, 0) is 36.6 Å². The summed E-state index contributed by atoms with van der Waals surface area (Å²) in [5.74, 6) is -0.814. The van der Waals surface area contributed by atoms with E-state index in [1.807, 2.05) is 0 Å². The van der Waals surface area contributed by atoms with E-state index >= 15 is 0 Å². The Kier molecular flexibility index (Phi) is 5.51.